The molecule has 37 heavy (non-hydrogen) atoms. The molecule has 1 aliphatic rings. The predicted octanol–water partition coefficient (Wildman–Crippen LogP) is 2.93. The molecule has 192 valence electrons. The molecule has 0 radical (unpaired) electrons. The van der Waals surface area contributed by atoms with Crippen LogP contribution in [0.3, 0.4) is 0 Å². The van der Waals surface area contributed by atoms with Gasteiger partial charge in [0.1, 0.15) is 11.6 Å². The van der Waals surface area contributed by atoms with Gasteiger partial charge in [0.15, 0.2) is 5.78 Å². The number of nitrogens with one attached hydrogen (secondary N) is 1. The van der Waals surface area contributed by atoms with E-state index in [1.165, 1.54) is 17.0 Å². The third-order valence-corrected chi connectivity index (χ3v) is 6.19. The first-order valence-electron chi connectivity index (χ1n) is 11.6. The van der Waals surface area contributed by atoms with Crippen LogP contribution in [0.25, 0.3) is 11.3 Å². The lowest BCUT2D eigenvalue weighted by molar-refractivity contribution is -0.123. The molecule has 2 amide bonds. The number of hydrogen-bond acceptors (Lipinski definition) is 5. The van der Waals surface area contributed by atoms with Crippen molar-refractivity contribution in [3.63, 3.8) is 0 Å². The standard InChI is InChI=1S/C26H24F2N4O5/c27-20-11-19(12-21(28)13-20)22-4-5-24(34)32(30-22)15-16-2-1-3-18(10-16)25(35)29-14-23(33)17-6-8-31(9-7-17)26(36)37/h1-5,10-13,17H,6-9,14-15H2,(H,29,35)(H,36,37). The van der Waals surface area contributed by atoms with Gasteiger partial charge in [-0.2, -0.15) is 5.10 Å². The van der Waals surface area contributed by atoms with Gasteiger partial charge in [0, 0.05) is 42.3 Å². The van der Waals surface area contributed by atoms with Crippen LogP contribution in [0, 0.1) is 17.6 Å². The molecular formula is C26H24F2N4O5. The summed E-state index contributed by atoms with van der Waals surface area (Å²) in [7, 11) is 0. The van der Waals surface area contributed by atoms with Crippen molar-refractivity contribution in [2.24, 2.45) is 5.92 Å². The van der Waals surface area contributed by atoms with Gasteiger partial charge in [-0.3, -0.25) is 14.4 Å². The third kappa shape index (κ3) is 6.43. The van der Waals surface area contributed by atoms with Gasteiger partial charge in [-0.1, -0.05) is 12.1 Å². The second kappa shape index (κ2) is 11.1. The molecule has 0 saturated carbocycles. The maximum absolute atomic E-state index is 13.6. The highest BCUT2D eigenvalue weighted by atomic mass is 19.1. The maximum Gasteiger partial charge on any atom is 0.407 e. The van der Waals surface area contributed by atoms with E-state index in [-0.39, 0.29) is 54.7 Å². The van der Waals surface area contributed by atoms with Crippen molar-refractivity contribution in [3.05, 3.63) is 87.7 Å². The van der Waals surface area contributed by atoms with Crippen LogP contribution >= 0.6 is 0 Å². The van der Waals surface area contributed by atoms with Gasteiger partial charge in [0.25, 0.3) is 11.5 Å². The Kier molecular flexibility index (Phi) is 7.71. The molecule has 1 aromatic heterocycles. The van der Waals surface area contributed by atoms with Crippen molar-refractivity contribution in [1.29, 1.82) is 0 Å². The Balaban J connectivity index is 1.40. The topological polar surface area (TPSA) is 122 Å². The Morgan fingerprint density at radius 2 is 1.70 bits per heavy atom. The van der Waals surface area contributed by atoms with Gasteiger partial charge in [-0.15, -0.1) is 0 Å². The summed E-state index contributed by atoms with van der Waals surface area (Å²) in [5.41, 5.74) is 0.812. The zero-order valence-corrected chi connectivity index (χ0v) is 19.7. The lowest BCUT2D eigenvalue weighted by atomic mass is 9.92. The van der Waals surface area contributed by atoms with Crippen LogP contribution in [0.1, 0.15) is 28.8 Å². The summed E-state index contributed by atoms with van der Waals surface area (Å²) >= 11 is 0. The number of carboxylic acid groups (broad SMARTS) is 1. The lowest BCUT2D eigenvalue weighted by Gasteiger charge is -2.29. The third-order valence-electron chi connectivity index (χ3n) is 6.19. The van der Waals surface area contributed by atoms with Gasteiger partial charge in [0.2, 0.25) is 0 Å². The van der Waals surface area contributed by atoms with Crippen LogP contribution in [0.4, 0.5) is 13.6 Å². The summed E-state index contributed by atoms with van der Waals surface area (Å²) in [5, 5.41) is 15.8. The summed E-state index contributed by atoms with van der Waals surface area (Å²) in [5.74, 6) is -2.47. The minimum absolute atomic E-state index is 0.00662. The Morgan fingerprint density at radius 1 is 1.00 bits per heavy atom. The number of carbonyl (C=O) groups excluding carboxylic acids is 2. The Morgan fingerprint density at radius 3 is 2.38 bits per heavy atom. The number of carbonyl (C=O) groups is 3. The first-order chi connectivity index (χ1) is 17.7. The minimum Gasteiger partial charge on any atom is -0.465 e. The van der Waals surface area contributed by atoms with Crippen molar-refractivity contribution in [2.75, 3.05) is 19.6 Å². The van der Waals surface area contributed by atoms with Crippen LogP contribution < -0.4 is 10.9 Å². The molecule has 3 aromatic rings. The molecule has 0 atom stereocenters. The summed E-state index contributed by atoms with van der Waals surface area (Å²) < 4.78 is 28.3. The first-order valence-corrected chi connectivity index (χ1v) is 11.6. The number of benzene rings is 2. The zero-order chi connectivity index (χ0) is 26.5. The van der Waals surface area contributed by atoms with Gasteiger partial charge >= 0.3 is 6.09 Å². The quantitative estimate of drug-likeness (QED) is 0.504. The summed E-state index contributed by atoms with van der Waals surface area (Å²) in [6.45, 7) is 0.399. The molecule has 1 fully saturated rings. The van der Waals surface area contributed by atoms with Crippen LogP contribution in [0.15, 0.2) is 59.4 Å². The summed E-state index contributed by atoms with van der Waals surface area (Å²) in [6.07, 6.45) is -0.176. The number of aromatic nitrogens is 2. The van der Waals surface area contributed by atoms with Crippen molar-refractivity contribution < 1.29 is 28.3 Å². The van der Waals surface area contributed by atoms with Crippen molar-refractivity contribution in [3.8, 4) is 11.3 Å². The molecule has 0 spiro atoms. The minimum atomic E-state index is -1.01. The fourth-order valence-corrected chi connectivity index (χ4v) is 4.21. The normalized spacial score (nSPS) is 13.8. The average Bonchev–Trinajstić information content (AvgIpc) is 2.88. The van der Waals surface area contributed by atoms with E-state index >= 15 is 0 Å². The van der Waals surface area contributed by atoms with Crippen molar-refractivity contribution in [1.82, 2.24) is 20.0 Å². The number of piperidine rings is 1. The largest absolute Gasteiger partial charge is 0.465 e. The summed E-state index contributed by atoms with van der Waals surface area (Å²) in [6, 6.07) is 12.0. The molecule has 0 aliphatic carbocycles. The van der Waals surface area contributed by atoms with E-state index in [0.29, 0.717) is 18.4 Å². The van der Waals surface area contributed by atoms with Crippen LogP contribution in [0.2, 0.25) is 0 Å². The monoisotopic (exact) mass is 510 g/mol. The maximum atomic E-state index is 13.6. The van der Waals surface area contributed by atoms with Gasteiger partial charge < -0.3 is 15.3 Å². The second-order valence-corrected chi connectivity index (χ2v) is 8.77. The molecule has 1 saturated heterocycles. The molecule has 0 bridgehead atoms. The molecule has 11 heteroatoms. The number of rotatable bonds is 7. The zero-order valence-electron chi connectivity index (χ0n) is 19.7. The molecule has 1 aliphatic heterocycles. The number of halogens is 2. The number of hydrogen-bond donors (Lipinski definition) is 2. The van der Waals surface area contributed by atoms with Crippen LogP contribution in [0.5, 0.6) is 0 Å². The van der Waals surface area contributed by atoms with Gasteiger partial charge in [0.05, 0.1) is 18.8 Å². The van der Waals surface area contributed by atoms with E-state index in [4.69, 9.17) is 5.11 Å². The molecule has 9 nitrogen and oxygen atoms in total. The second-order valence-electron chi connectivity index (χ2n) is 8.77. The van der Waals surface area contributed by atoms with E-state index in [9.17, 15) is 28.0 Å². The van der Waals surface area contributed by atoms with Crippen LogP contribution in [-0.2, 0) is 11.3 Å². The molecule has 2 heterocycles. The average molecular weight is 510 g/mol. The highest BCUT2D eigenvalue weighted by Crippen LogP contribution is 2.19. The predicted molar refractivity (Wildman–Crippen MR) is 129 cm³/mol. The first kappa shape index (κ1) is 25.7. The fourth-order valence-electron chi connectivity index (χ4n) is 4.21. The highest BCUT2D eigenvalue weighted by molar-refractivity contribution is 5.97. The van der Waals surface area contributed by atoms with E-state index in [0.717, 1.165) is 22.9 Å². The van der Waals surface area contributed by atoms with E-state index in [2.05, 4.69) is 10.4 Å². The van der Waals surface area contributed by atoms with Crippen LogP contribution in [-0.4, -0.2) is 57.2 Å². The fraction of sp³-hybridized carbons (Fsp3) is 0.269. The lowest BCUT2D eigenvalue weighted by Crippen LogP contribution is -2.41. The SMILES string of the molecule is O=C(NCC(=O)C1CCN(C(=O)O)CC1)c1cccc(Cn2nc(-c3cc(F)cc(F)c3)ccc2=O)c1. The molecule has 2 N–H and O–H groups in total. The van der Waals surface area contributed by atoms with Gasteiger partial charge in [-0.05, 0) is 48.7 Å². The molecular weight excluding hydrogens is 486 g/mol. The van der Waals surface area contributed by atoms with Gasteiger partial charge in [-0.25, -0.2) is 18.3 Å². The van der Waals surface area contributed by atoms with Crippen molar-refractivity contribution >= 4 is 17.8 Å². The number of ketones is 1. The van der Waals surface area contributed by atoms with E-state index < -0.39 is 29.2 Å². The van der Waals surface area contributed by atoms with E-state index in [1.807, 2.05) is 0 Å². The molecule has 4 rings (SSSR count). The van der Waals surface area contributed by atoms with E-state index in [1.54, 1.807) is 24.3 Å². The number of Topliss-reactive ketones (excluding diaryl/α,β-unsaturated/α-hetero) is 1. The smallest absolute Gasteiger partial charge is 0.407 e. The number of likely N-dealkylation sites (tertiary alicyclic amines) is 1. The highest BCUT2D eigenvalue weighted by Gasteiger charge is 2.27. The summed E-state index contributed by atoms with van der Waals surface area (Å²) in [4.78, 5) is 49.7. The molecule has 0 unspecified atom stereocenters. The molecule has 2 aromatic carbocycles. The number of amides is 2. The van der Waals surface area contributed by atoms with Crippen molar-refractivity contribution in [2.45, 2.75) is 19.4 Å². The number of nitrogens with zero attached hydrogens (tertiary/aromatic N) is 3. The Labute approximate surface area is 210 Å². The Bertz CT molecular complexity index is 1380. The Hall–Kier alpha value is -4.41.